The summed E-state index contributed by atoms with van der Waals surface area (Å²) in [5.41, 5.74) is 0.503. The van der Waals surface area contributed by atoms with Gasteiger partial charge in [-0.15, -0.1) is 13.2 Å². The van der Waals surface area contributed by atoms with E-state index in [1.807, 2.05) is 0 Å². The Bertz CT molecular complexity index is 1090. The number of carbonyl (C=O) groups excluding carboxylic acids is 1. The molecule has 0 saturated carbocycles. The molecule has 3 aromatic rings. The Labute approximate surface area is 150 Å². The number of hydrogen-bond acceptors (Lipinski definition) is 5. The molecule has 0 unspecified atom stereocenters. The fraction of sp³-hybridized carbons (Fsp3) is 0.167. The van der Waals surface area contributed by atoms with E-state index >= 15 is 0 Å². The van der Waals surface area contributed by atoms with Gasteiger partial charge in [0.2, 0.25) is 0 Å². The van der Waals surface area contributed by atoms with E-state index in [0.29, 0.717) is 11.2 Å². The summed E-state index contributed by atoms with van der Waals surface area (Å²) in [7, 11) is 1.21. The topological polar surface area (TPSA) is 70.4 Å². The Kier molecular flexibility index (Phi) is 4.61. The molecule has 0 aliphatic heterocycles. The fourth-order valence-corrected chi connectivity index (χ4v) is 2.62. The van der Waals surface area contributed by atoms with Crippen molar-refractivity contribution in [3.63, 3.8) is 0 Å². The van der Waals surface area contributed by atoms with Gasteiger partial charge in [0.05, 0.1) is 35.0 Å². The van der Waals surface area contributed by atoms with Gasteiger partial charge < -0.3 is 9.47 Å². The van der Waals surface area contributed by atoms with E-state index in [4.69, 9.17) is 0 Å². The van der Waals surface area contributed by atoms with E-state index < -0.39 is 23.6 Å². The first-order valence-corrected chi connectivity index (χ1v) is 7.67. The van der Waals surface area contributed by atoms with Crippen molar-refractivity contribution < 1.29 is 27.4 Å². The molecule has 0 amide bonds. The third kappa shape index (κ3) is 3.76. The number of rotatable bonds is 3. The molecule has 1 aromatic carbocycles. The molecule has 0 saturated heterocycles. The molecule has 0 aliphatic rings. The molecular formula is C18H13F3N2O4. The van der Waals surface area contributed by atoms with Gasteiger partial charge in [0.25, 0.3) is 5.56 Å². The Morgan fingerprint density at radius 1 is 1.19 bits per heavy atom. The first-order valence-electron chi connectivity index (χ1n) is 7.67. The number of carbonyl (C=O) groups is 1. The number of benzene rings is 1. The molecular weight excluding hydrogens is 365 g/mol. The lowest BCUT2D eigenvalue weighted by Gasteiger charge is -2.12. The van der Waals surface area contributed by atoms with Crippen molar-refractivity contribution in [1.82, 2.24) is 9.55 Å². The standard InChI is InChI=1S/C18H13F3N2O4/c1-10-13(17(25)26-2)9-14-15(22-10)6-7-23(16(14)24)11-4-3-5-12(8-11)27-18(19,20)21/h3-9H,1-2H3. The number of aryl methyl sites for hydroxylation is 1. The molecule has 2 aromatic heterocycles. The predicted molar refractivity (Wildman–Crippen MR) is 90.1 cm³/mol. The summed E-state index contributed by atoms with van der Waals surface area (Å²) in [4.78, 5) is 28.9. The molecule has 0 N–H and O–H groups in total. The maximum Gasteiger partial charge on any atom is 0.573 e. The van der Waals surface area contributed by atoms with E-state index in [2.05, 4.69) is 14.5 Å². The highest BCUT2D eigenvalue weighted by atomic mass is 19.4. The number of nitrogens with zero attached hydrogens (tertiary/aromatic N) is 2. The van der Waals surface area contributed by atoms with Gasteiger partial charge in [0.1, 0.15) is 5.75 Å². The number of aromatic nitrogens is 2. The van der Waals surface area contributed by atoms with Crippen molar-refractivity contribution in [3.8, 4) is 11.4 Å². The Hall–Kier alpha value is -3.36. The van der Waals surface area contributed by atoms with Gasteiger partial charge in [-0.1, -0.05) is 6.07 Å². The summed E-state index contributed by atoms with van der Waals surface area (Å²) < 4.78 is 46.9. The Morgan fingerprint density at radius 2 is 1.93 bits per heavy atom. The molecule has 6 nitrogen and oxygen atoms in total. The average molecular weight is 378 g/mol. The van der Waals surface area contributed by atoms with Crippen molar-refractivity contribution in [1.29, 1.82) is 0 Å². The number of alkyl halides is 3. The van der Waals surface area contributed by atoms with Crippen molar-refractivity contribution in [2.45, 2.75) is 13.3 Å². The molecule has 0 radical (unpaired) electrons. The zero-order valence-electron chi connectivity index (χ0n) is 14.2. The van der Waals surface area contributed by atoms with Crippen LogP contribution in [-0.4, -0.2) is 29.0 Å². The van der Waals surface area contributed by atoms with E-state index in [9.17, 15) is 22.8 Å². The molecule has 0 atom stereocenters. The molecule has 140 valence electrons. The third-order valence-electron chi connectivity index (χ3n) is 3.81. The maximum atomic E-state index is 12.8. The van der Waals surface area contributed by atoms with Crippen LogP contribution in [-0.2, 0) is 4.74 Å². The van der Waals surface area contributed by atoms with Crippen LogP contribution in [0.4, 0.5) is 13.2 Å². The Morgan fingerprint density at radius 3 is 2.59 bits per heavy atom. The van der Waals surface area contributed by atoms with Crippen LogP contribution < -0.4 is 10.3 Å². The minimum Gasteiger partial charge on any atom is -0.465 e. The summed E-state index contributed by atoms with van der Waals surface area (Å²) in [5.74, 6) is -1.10. The molecule has 9 heteroatoms. The SMILES string of the molecule is COC(=O)c1cc2c(=O)n(-c3cccc(OC(F)(F)F)c3)ccc2nc1C. The summed E-state index contributed by atoms with van der Waals surface area (Å²) in [6.07, 6.45) is -3.45. The second kappa shape index (κ2) is 6.75. The molecule has 27 heavy (non-hydrogen) atoms. The van der Waals surface area contributed by atoms with Crippen molar-refractivity contribution in [2.75, 3.05) is 7.11 Å². The first-order chi connectivity index (χ1) is 12.7. The van der Waals surface area contributed by atoms with Gasteiger partial charge >= 0.3 is 12.3 Å². The van der Waals surface area contributed by atoms with Crippen LogP contribution in [0.1, 0.15) is 16.1 Å². The van der Waals surface area contributed by atoms with Crippen LogP contribution in [0, 0.1) is 6.92 Å². The zero-order chi connectivity index (χ0) is 19.8. The van der Waals surface area contributed by atoms with Gasteiger partial charge in [-0.05, 0) is 31.2 Å². The lowest BCUT2D eigenvalue weighted by atomic mass is 10.1. The maximum absolute atomic E-state index is 12.8. The highest BCUT2D eigenvalue weighted by Gasteiger charge is 2.31. The largest absolute Gasteiger partial charge is 0.573 e. The van der Waals surface area contributed by atoms with Gasteiger partial charge in [0, 0.05) is 12.3 Å². The van der Waals surface area contributed by atoms with E-state index in [1.54, 1.807) is 6.92 Å². The molecule has 2 heterocycles. The smallest absolute Gasteiger partial charge is 0.465 e. The van der Waals surface area contributed by atoms with Gasteiger partial charge in [-0.2, -0.15) is 0 Å². The van der Waals surface area contributed by atoms with E-state index in [-0.39, 0.29) is 16.6 Å². The normalized spacial score (nSPS) is 11.4. The van der Waals surface area contributed by atoms with Gasteiger partial charge in [-0.25, -0.2) is 4.79 Å². The van der Waals surface area contributed by atoms with Crippen LogP contribution in [0.25, 0.3) is 16.6 Å². The van der Waals surface area contributed by atoms with Crippen molar-refractivity contribution in [2.24, 2.45) is 0 Å². The first kappa shape index (κ1) is 18.4. The number of ether oxygens (including phenoxy) is 2. The second-order valence-corrected chi connectivity index (χ2v) is 5.58. The summed E-state index contributed by atoms with van der Waals surface area (Å²) >= 11 is 0. The van der Waals surface area contributed by atoms with Gasteiger partial charge in [0.15, 0.2) is 0 Å². The molecule has 3 rings (SSSR count). The Balaban J connectivity index is 2.15. The van der Waals surface area contributed by atoms with Crippen LogP contribution in [0.3, 0.4) is 0 Å². The number of esters is 1. The summed E-state index contributed by atoms with van der Waals surface area (Å²) in [5, 5.41) is 0.130. The van der Waals surface area contributed by atoms with Crippen LogP contribution >= 0.6 is 0 Å². The number of pyridine rings is 2. The zero-order valence-corrected chi connectivity index (χ0v) is 14.2. The third-order valence-corrected chi connectivity index (χ3v) is 3.81. The highest BCUT2D eigenvalue weighted by Crippen LogP contribution is 2.24. The number of methoxy groups -OCH3 is 1. The van der Waals surface area contributed by atoms with Crippen molar-refractivity contribution in [3.05, 3.63) is 64.2 Å². The lowest BCUT2D eigenvalue weighted by Crippen LogP contribution is -2.20. The molecule has 0 aliphatic carbocycles. The monoisotopic (exact) mass is 378 g/mol. The van der Waals surface area contributed by atoms with Crippen LogP contribution in [0.15, 0.2) is 47.4 Å². The summed E-state index contributed by atoms with van der Waals surface area (Å²) in [6, 6.07) is 7.90. The number of hydrogen-bond donors (Lipinski definition) is 0. The predicted octanol–water partition coefficient (Wildman–Crippen LogP) is 3.38. The lowest BCUT2D eigenvalue weighted by molar-refractivity contribution is -0.274. The van der Waals surface area contributed by atoms with Crippen LogP contribution in [0.5, 0.6) is 5.75 Å². The molecule has 0 spiro atoms. The van der Waals surface area contributed by atoms with E-state index in [1.165, 1.54) is 37.6 Å². The van der Waals surface area contributed by atoms with Crippen LogP contribution in [0.2, 0.25) is 0 Å². The molecule has 0 fully saturated rings. The summed E-state index contributed by atoms with van der Waals surface area (Å²) in [6.45, 7) is 1.61. The van der Waals surface area contributed by atoms with Gasteiger partial charge in [-0.3, -0.25) is 14.3 Å². The minimum atomic E-state index is -4.84. The highest BCUT2D eigenvalue weighted by molar-refractivity contribution is 5.94. The number of fused-ring (bicyclic) bond motifs is 1. The van der Waals surface area contributed by atoms with E-state index in [0.717, 1.165) is 16.7 Å². The number of halogens is 3. The average Bonchev–Trinajstić information content (AvgIpc) is 2.59. The minimum absolute atomic E-state index is 0.130. The molecule has 0 bridgehead atoms. The fourth-order valence-electron chi connectivity index (χ4n) is 2.62. The van der Waals surface area contributed by atoms with Crippen molar-refractivity contribution >= 4 is 16.9 Å². The quantitative estimate of drug-likeness (QED) is 0.654. The second-order valence-electron chi connectivity index (χ2n) is 5.58.